The van der Waals surface area contributed by atoms with Crippen LogP contribution in [0.15, 0.2) is 0 Å². The predicted octanol–water partition coefficient (Wildman–Crippen LogP) is -0.518. The van der Waals surface area contributed by atoms with Gasteiger partial charge < -0.3 is 0 Å². The van der Waals surface area contributed by atoms with Gasteiger partial charge in [-0.2, -0.15) is 0 Å². The minimum atomic E-state index is -5.23. The zero-order valence-electron chi connectivity index (χ0n) is 5.67. The van der Waals surface area contributed by atoms with Gasteiger partial charge in [0, 0.05) is 0 Å². The molecule has 0 aliphatic rings. The SMILES string of the molecule is O=P(O)(O)OP(=O)(O)O[P](=O)(O)[Sn]. The van der Waals surface area contributed by atoms with Crippen LogP contribution in [0.4, 0.5) is 0 Å². The average Bonchev–Trinajstić information content (AvgIpc) is 1.43. The van der Waals surface area contributed by atoms with Crippen LogP contribution in [0.1, 0.15) is 0 Å². The van der Waals surface area contributed by atoms with E-state index in [0.29, 0.717) is 0 Å². The third-order valence-corrected chi connectivity index (χ3v) is 5.91. The fraction of sp³-hybridized carbons (Fsp3) is 0. The van der Waals surface area contributed by atoms with Crippen LogP contribution in [-0.2, 0) is 22.3 Å². The van der Waals surface area contributed by atoms with Crippen molar-refractivity contribution in [2.75, 3.05) is 0 Å². The van der Waals surface area contributed by atoms with Gasteiger partial charge in [-0.25, -0.2) is 0 Å². The second-order valence-corrected chi connectivity index (χ2v) is 10.7. The predicted molar refractivity (Wildman–Crippen MR) is 39.6 cm³/mol. The molecule has 13 heavy (non-hydrogen) atoms. The molecule has 2 atom stereocenters. The Morgan fingerprint density at radius 1 is 0.923 bits per heavy atom. The zero-order valence-corrected chi connectivity index (χ0v) is 11.2. The molecular weight excluding hydrogens is 356 g/mol. The summed E-state index contributed by atoms with van der Waals surface area (Å²) in [6.07, 6.45) is 0. The first-order valence-corrected chi connectivity index (χ1v) is 10.7. The molecule has 0 saturated heterocycles. The van der Waals surface area contributed by atoms with Crippen molar-refractivity contribution in [3.63, 3.8) is 0 Å². The van der Waals surface area contributed by atoms with E-state index in [2.05, 4.69) is 8.62 Å². The minimum absolute atomic E-state index is 0.113. The first-order chi connectivity index (χ1) is 5.41. The molecule has 0 bridgehead atoms. The van der Waals surface area contributed by atoms with Crippen LogP contribution in [-0.4, -0.2) is 41.5 Å². The molecule has 0 fully saturated rings. The first kappa shape index (κ1) is 14.2. The fourth-order valence-corrected chi connectivity index (χ4v) is 5.52. The molecule has 0 rings (SSSR count). The van der Waals surface area contributed by atoms with Crippen LogP contribution in [0, 0.1) is 0 Å². The first-order valence-electron chi connectivity index (χ1n) is 2.30. The van der Waals surface area contributed by atoms with Gasteiger partial charge in [0.15, 0.2) is 0 Å². The maximum atomic E-state index is 10.5. The standard InChI is InChI=1S/H3O9P3.Sn/c1-10(2)8-12(6,7)9-11(3,4)5;/h(H3-,1,2,3,4,5,6,7);/q;-1/p+1. The van der Waals surface area contributed by atoms with E-state index in [1.54, 1.807) is 0 Å². The molecule has 3 radical (unpaired) electrons. The van der Waals surface area contributed by atoms with Crippen molar-refractivity contribution in [2.45, 2.75) is 0 Å². The van der Waals surface area contributed by atoms with Gasteiger partial charge in [0.1, 0.15) is 0 Å². The van der Waals surface area contributed by atoms with Crippen molar-refractivity contribution in [3.8, 4) is 0 Å². The van der Waals surface area contributed by atoms with E-state index >= 15 is 0 Å². The Morgan fingerprint density at radius 2 is 1.31 bits per heavy atom. The third kappa shape index (κ3) is 9.55. The van der Waals surface area contributed by atoms with Crippen molar-refractivity contribution in [1.29, 1.82) is 0 Å². The van der Waals surface area contributed by atoms with Crippen molar-refractivity contribution in [2.24, 2.45) is 0 Å². The second-order valence-electron chi connectivity index (χ2n) is 1.64. The van der Waals surface area contributed by atoms with Gasteiger partial charge in [0.05, 0.1) is 0 Å². The summed E-state index contributed by atoms with van der Waals surface area (Å²) in [4.78, 5) is 33.1. The maximum absolute atomic E-state index is 10.5. The molecule has 0 spiro atoms. The number of hydrogen-bond donors (Lipinski definition) is 4. The molecule has 0 aromatic rings. The normalized spacial score (nSPS) is 21.9. The van der Waals surface area contributed by atoms with Crippen LogP contribution < -0.4 is 0 Å². The summed E-state index contributed by atoms with van der Waals surface area (Å²) >= 11 is -0.113. The van der Waals surface area contributed by atoms with Gasteiger partial charge in [-0.05, 0) is 0 Å². The van der Waals surface area contributed by atoms with Gasteiger partial charge in [0.2, 0.25) is 0 Å². The van der Waals surface area contributed by atoms with Crippen molar-refractivity contribution < 1.29 is 41.9 Å². The summed E-state index contributed by atoms with van der Waals surface area (Å²) in [5, 5.41) is -4.26. The zero-order chi connectivity index (χ0) is 10.9. The third-order valence-electron chi connectivity index (χ3n) is 0.423. The van der Waals surface area contributed by atoms with Crippen molar-refractivity contribution >= 4 is 42.9 Å². The topological polar surface area (TPSA) is 151 Å². The molecule has 0 aromatic heterocycles. The van der Waals surface area contributed by atoms with Crippen molar-refractivity contribution in [1.82, 2.24) is 0 Å². The van der Waals surface area contributed by atoms with Crippen LogP contribution in [0.2, 0.25) is 0 Å². The molecule has 4 N–H and O–H groups in total. The summed E-state index contributed by atoms with van der Waals surface area (Å²) in [6.45, 7) is 0. The van der Waals surface area contributed by atoms with E-state index in [0.717, 1.165) is 0 Å². The molecule has 2 unspecified atom stereocenters. The quantitative estimate of drug-likeness (QED) is 0.384. The Bertz CT molecular complexity index is 277. The molecule has 0 saturated carbocycles. The monoisotopic (exact) mass is 361 g/mol. The number of phosphoric acid groups is 2. The molecule has 0 aliphatic heterocycles. The molecular formula is H4O9P3Sn. The van der Waals surface area contributed by atoms with Crippen LogP contribution in [0.3, 0.4) is 0 Å². The van der Waals surface area contributed by atoms with Crippen LogP contribution in [0.25, 0.3) is 0 Å². The second kappa shape index (κ2) is 4.40. The van der Waals surface area contributed by atoms with Gasteiger partial charge in [-0.1, -0.05) is 0 Å². The molecule has 0 heterocycles. The van der Waals surface area contributed by atoms with Crippen molar-refractivity contribution in [3.05, 3.63) is 0 Å². The molecule has 0 amide bonds. The Kier molecular flexibility index (Phi) is 4.83. The van der Waals surface area contributed by atoms with Crippen LogP contribution in [0.5, 0.6) is 0 Å². The Balaban J connectivity index is 4.54. The summed E-state index contributed by atoms with van der Waals surface area (Å²) in [5.74, 6) is 0. The number of hydrogen-bond acceptors (Lipinski definition) is 5. The summed E-state index contributed by atoms with van der Waals surface area (Å²) in [7, 11) is -10.4. The van der Waals surface area contributed by atoms with Gasteiger partial charge >= 0.3 is 84.8 Å². The van der Waals surface area contributed by atoms with E-state index in [4.69, 9.17) is 19.6 Å². The van der Waals surface area contributed by atoms with Gasteiger partial charge in [0.25, 0.3) is 0 Å². The summed E-state index contributed by atoms with van der Waals surface area (Å²) in [5.41, 5.74) is 0. The van der Waals surface area contributed by atoms with E-state index in [1.807, 2.05) is 0 Å². The molecule has 77 valence electrons. The Hall–Kier alpha value is 1.25. The molecule has 13 heteroatoms. The van der Waals surface area contributed by atoms with E-state index < -0.39 is 20.9 Å². The summed E-state index contributed by atoms with van der Waals surface area (Å²) in [6, 6.07) is 0. The Morgan fingerprint density at radius 3 is 1.54 bits per heavy atom. The Labute approximate surface area is 84.9 Å². The average molecular weight is 360 g/mol. The van der Waals surface area contributed by atoms with E-state index in [-0.39, 0.29) is 22.0 Å². The summed E-state index contributed by atoms with van der Waals surface area (Å²) < 4.78 is 37.8. The molecule has 0 aliphatic carbocycles. The van der Waals surface area contributed by atoms with E-state index in [1.165, 1.54) is 0 Å². The van der Waals surface area contributed by atoms with Gasteiger partial charge in [-0.15, -0.1) is 0 Å². The van der Waals surface area contributed by atoms with Gasteiger partial charge in [-0.3, -0.25) is 0 Å². The fourth-order valence-electron chi connectivity index (χ4n) is 0.289. The molecule has 9 nitrogen and oxygen atoms in total. The van der Waals surface area contributed by atoms with E-state index in [9.17, 15) is 13.7 Å². The molecule has 0 aromatic carbocycles. The van der Waals surface area contributed by atoms with Crippen LogP contribution >= 0.6 is 20.9 Å². The number of rotatable bonds is 4.